The summed E-state index contributed by atoms with van der Waals surface area (Å²) in [5.74, 6) is 0.948. The molecule has 0 bridgehead atoms. The lowest BCUT2D eigenvalue weighted by Crippen LogP contribution is -2.43. The van der Waals surface area contributed by atoms with Crippen molar-refractivity contribution in [2.75, 3.05) is 18.8 Å². The highest BCUT2D eigenvalue weighted by Gasteiger charge is 2.21. The molecule has 0 aliphatic carbocycles. The van der Waals surface area contributed by atoms with Gasteiger partial charge in [0.1, 0.15) is 11.3 Å². The number of imidazole rings is 1. The Hall–Kier alpha value is -5.33. The number of nitriles is 1. The summed E-state index contributed by atoms with van der Waals surface area (Å²) in [6.45, 7) is 6.21. The number of fused-ring (bicyclic) bond motifs is 1. The first kappa shape index (κ1) is 26.9. The zero-order chi connectivity index (χ0) is 29.1. The van der Waals surface area contributed by atoms with Gasteiger partial charge in [-0.15, -0.1) is 0 Å². The van der Waals surface area contributed by atoms with Crippen molar-refractivity contribution in [2.24, 2.45) is 0 Å². The van der Waals surface area contributed by atoms with Gasteiger partial charge in [0.15, 0.2) is 11.5 Å². The summed E-state index contributed by atoms with van der Waals surface area (Å²) in [5.41, 5.74) is 12.9. The van der Waals surface area contributed by atoms with Crippen molar-refractivity contribution in [2.45, 2.75) is 25.4 Å². The van der Waals surface area contributed by atoms with E-state index in [0.29, 0.717) is 22.9 Å². The second-order valence-corrected chi connectivity index (χ2v) is 10.4. The van der Waals surface area contributed by atoms with Crippen LogP contribution in [-0.4, -0.2) is 49.5 Å². The molecule has 4 heterocycles. The Morgan fingerprint density at radius 3 is 2.50 bits per heavy atom. The van der Waals surface area contributed by atoms with Gasteiger partial charge in [-0.05, 0) is 73.0 Å². The third-order valence-electron chi connectivity index (χ3n) is 7.61. The fourth-order valence-electron chi connectivity index (χ4n) is 5.37. The number of hydrogen-bond donors (Lipinski definition) is 2. The van der Waals surface area contributed by atoms with Crippen molar-refractivity contribution < 1.29 is 4.79 Å². The fourth-order valence-corrected chi connectivity index (χ4v) is 5.37. The number of rotatable bonds is 7. The van der Waals surface area contributed by atoms with Gasteiger partial charge in [0.2, 0.25) is 5.91 Å². The van der Waals surface area contributed by atoms with Crippen LogP contribution in [0.15, 0.2) is 91.6 Å². The van der Waals surface area contributed by atoms with Crippen LogP contribution in [0.4, 0.5) is 5.82 Å². The number of piperidine rings is 1. The van der Waals surface area contributed by atoms with Gasteiger partial charge in [-0.2, -0.15) is 5.26 Å². The summed E-state index contributed by atoms with van der Waals surface area (Å²) in [7, 11) is 0. The Labute approximate surface area is 244 Å². The van der Waals surface area contributed by atoms with Crippen molar-refractivity contribution in [3.05, 3.63) is 103 Å². The maximum absolute atomic E-state index is 11.6. The summed E-state index contributed by atoms with van der Waals surface area (Å²) in [6, 6.07) is 25.8. The van der Waals surface area contributed by atoms with Gasteiger partial charge in [0, 0.05) is 43.1 Å². The molecule has 9 nitrogen and oxygen atoms in total. The normalized spacial score (nSPS) is 14.0. The summed E-state index contributed by atoms with van der Waals surface area (Å²) in [6.07, 6.45) is 4.83. The second-order valence-electron chi connectivity index (χ2n) is 10.4. The first-order chi connectivity index (χ1) is 20.5. The topological polar surface area (TPSA) is 126 Å². The SMILES string of the molecule is C=CC(=O)NC1CCN(Cc2ccc(-n3c(-c4cccnc4N)nc4ccc(-c5ccc(C#N)cc5)nc43)cc2)CC1. The zero-order valence-electron chi connectivity index (χ0n) is 23.1. The van der Waals surface area contributed by atoms with Crippen molar-refractivity contribution >= 4 is 22.9 Å². The number of likely N-dealkylation sites (tertiary alicyclic amines) is 1. The van der Waals surface area contributed by atoms with Crippen molar-refractivity contribution in [1.82, 2.24) is 29.7 Å². The standard InChI is InChI=1S/C33H30N8O/c1-2-30(42)37-25-15-18-40(19-16-25)21-23-7-11-26(12-8-23)41-32(27-4-3-17-36-31(27)35)39-29-14-13-28(38-33(29)41)24-9-5-22(20-34)6-10-24/h2-14,17,25H,1,15-16,18-19,21H2,(H2,35,36)(H,37,42). The summed E-state index contributed by atoms with van der Waals surface area (Å²) in [4.78, 5) is 28.3. The van der Waals surface area contributed by atoms with Crippen LogP contribution in [0.3, 0.4) is 0 Å². The maximum atomic E-state index is 11.6. The van der Waals surface area contributed by atoms with Gasteiger partial charge in [-0.1, -0.05) is 30.8 Å². The number of carbonyl (C=O) groups is 1. The van der Waals surface area contributed by atoms with Crippen LogP contribution >= 0.6 is 0 Å². The smallest absolute Gasteiger partial charge is 0.243 e. The molecule has 0 spiro atoms. The Kier molecular flexibility index (Phi) is 7.45. The number of anilines is 1. The Morgan fingerprint density at radius 2 is 1.81 bits per heavy atom. The van der Waals surface area contributed by atoms with Crippen LogP contribution in [0.2, 0.25) is 0 Å². The molecule has 0 atom stereocenters. The molecule has 0 unspecified atom stereocenters. The van der Waals surface area contributed by atoms with E-state index >= 15 is 0 Å². The highest BCUT2D eigenvalue weighted by Crippen LogP contribution is 2.32. The molecule has 9 heteroatoms. The van der Waals surface area contributed by atoms with Gasteiger partial charge in [-0.25, -0.2) is 15.0 Å². The molecule has 1 aliphatic heterocycles. The van der Waals surface area contributed by atoms with Crippen molar-refractivity contribution in [3.8, 4) is 34.4 Å². The third-order valence-corrected chi connectivity index (χ3v) is 7.61. The number of amides is 1. The average molecular weight is 555 g/mol. The number of nitrogens with two attached hydrogens (primary N) is 1. The van der Waals surface area contributed by atoms with Gasteiger partial charge in [-0.3, -0.25) is 14.3 Å². The van der Waals surface area contributed by atoms with E-state index in [2.05, 4.69) is 52.1 Å². The third kappa shape index (κ3) is 5.48. The highest BCUT2D eigenvalue weighted by atomic mass is 16.1. The van der Waals surface area contributed by atoms with Crippen LogP contribution in [0.5, 0.6) is 0 Å². The molecule has 2 aromatic carbocycles. The van der Waals surface area contributed by atoms with E-state index < -0.39 is 0 Å². The summed E-state index contributed by atoms with van der Waals surface area (Å²) < 4.78 is 2.02. The van der Waals surface area contributed by atoms with Gasteiger partial charge >= 0.3 is 0 Å². The number of aromatic nitrogens is 4. The number of nitrogen functional groups attached to an aromatic ring is 1. The van der Waals surface area contributed by atoms with Gasteiger partial charge < -0.3 is 11.1 Å². The zero-order valence-corrected chi connectivity index (χ0v) is 23.1. The minimum atomic E-state index is -0.109. The van der Waals surface area contributed by atoms with E-state index in [1.807, 2.05) is 41.0 Å². The monoisotopic (exact) mass is 554 g/mol. The highest BCUT2D eigenvalue weighted by molar-refractivity contribution is 5.87. The number of carbonyl (C=O) groups excluding carboxylic acids is 1. The largest absolute Gasteiger partial charge is 0.383 e. The van der Waals surface area contributed by atoms with E-state index in [0.717, 1.165) is 60.5 Å². The predicted molar refractivity (Wildman–Crippen MR) is 163 cm³/mol. The molecule has 6 rings (SSSR count). The Balaban J connectivity index is 1.32. The van der Waals surface area contributed by atoms with Crippen LogP contribution in [-0.2, 0) is 11.3 Å². The van der Waals surface area contributed by atoms with Crippen molar-refractivity contribution in [3.63, 3.8) is 0 Å². The molecule has 208 valence electrons. The van der Waals surface area contributed by atoms with Crippen LogP contribution in [0.1, 0.15) is 24.0 Å². The number of hydrogen-bond acceptors (Lipinski definition) is 7. The van der Waals surface area contributed by atoms with Gasteiger partial charge in [0.05, 0.1) is 22.9 Å². The van der Waals surface area contributed by atoms with Crippen LogP contribution in [0, 0.1) is 11.3 Å². The average Bonchev–Trinajstić information content (AvgIpc) is 3.41. The lowest BCUT2D eigenvalue weighted by Gasteiger charge is -2.32. The Bertz CT molecular complexity index is 1790. The Morgan fingerprint density at radius 1 is 1.05 bits per heavy atom. The molecule has 1 amide bonds. The number of benzene rings is 2. The van der Waals surface area contributed by atoms with Crippen LogP contribution in [0.25, 0.3) is 39.5 Å². The molecule has 1 fully saturated rings. The molecule has 1 saturated heterocycles. The lowest BCUT2D eigenvalue weighted by molar-refractivity contribution is -0.117. The molecule has 3 N–H and O–H groups in total. The molecular formula is C33H30N8O. The number of pyridine rings is 2. The van der Waals surface area contributed by atoms with E-state index in [1.165, 1.54) is 11.6 Å². The quantitative estimate of drug-likeness (QED) is 0.275. The lowest BCUT2D eigenvalue weighted by atomic mass is 10.0. The number of nitrogens with zero attached hydrogens (tertiary/aromatic N) is 6. The van der Waals surface area contributed by atoms with E-state index in [4.69, 9.17) is 15.7 Å². The second kappa shape index (κ2) is 11.6. The maximum Gasteiger partial charge on any atom is 0.243 e. The van der Waals surface area contributed by atoms with E-state index in [9.17, 15) is 10.1 Å². The van der Waals surface area contributed by atoms with E-state index in [1.54, 1.807) is 18.3 Å². The molecule has 5 aromatic rings. The van der Waals surface area contributed by atoms with Crippen LogP contribution < -0.4 is 11.1 Å². The van der Waals surface area contributed by atoms with E-state index in [-0.39, 0.29) is 11.9 Å². The van der Waals surface area contributed by atoms with Gasteiger partial charge in [0.25, 0.3) is 0 Å². The van der Waals surface area contributed by atoms with Crippen molar-refractivity contribution in [1.29, 1.82) is 5.26 Å². The molecule has 0 saturated carbocycles. The summed E-state index contributed by atoms with van der Waals surface area (Å²) in [5, 5.41) is 12.2. The minimum Gasteiger partial charge on any atom is -0.383 e. The minimum absolute atomic E-state index is 0.109. The molecule has 0 radical (unpaired) electrons. The first-order valence-corrected chi connectivity index (χ1v) is 13.9. The fraction of sp³-hybridized carbons (Fsp3) is 0.182. The molecular weight excluding hydrogens is 524 g/mol. The summed E-state index contributed by atoms with van der Waals surface area (Å²) >= 11 is 0. The first-order valence-electron chi connectivity index (χ1n) is 13.9. The molecule has 1 aliphatic rings. The molecule has 42 heavy (non-hydrogen) atoms. The molecule has 3 aromatic heterocycles. The predicted octanol–water partition coefficient (Wildman–Crippen LogP) is 4.87. The number of nitrogens with one attached hydrogen (secondary N) is 1.